The Morgan fingerprint density at radius 1 is 0.271 bits per heavy atom. The fraction of sp³-hybridized carbons (Fsp3) is 0.321. The summed E-state index contributed by atoms with van der Waals surface area (Å²) < 4.78 is 114. The summed E-state index contributed by atoms with van der Waals surface area (Å²) in [7, 11) is -15.4. The van der Waals surface area contributed by atoms with E-state index in [1.54, 1.807) is 159 Å². The molecular formula is C106H144N8O15S4. The van der Waals surface area contributed by atoms with Crippen LogP contribution in [0.4, 0.5) is 22.7 Å². The molecule has 0 radical (unpaired) electrons. The third-order valence-corrected chi connectivity index (χ3v) is 24.1. The van der Waals surface area contributed by atoms with Gasteiger partial charge in [-0.1, -0.05) is 210 Å². The maximum absolute atomic E-state index is 13.2. The molecule has 0 bridgehead atoms. The molecule has 722 valence electrons. The van der Waals surface area contributed by atoms with Gasteiger partial charge in [-0.3, -0.25) is 43.1 Å². The van der Waals surface area contributed by atoms with Gasteiger partial charge in [0.15, 0.2) is 36.3 Å². The van der Waals surface area contributed by atoms with E-state index in [1.807, 2.05) is 222 Å². The summed E-state index contributed by atoms with van der Waals surface area (Å²) in [5.41, 5.74) is 13.8. The van der Waals surface area contributed by atoms with E-state index in [4.69, 9.17) is 0 Å². The van der Waals surface area contributed by atoms with Crippen LogP contribution in [0.15, 0.2) is 251 Å². The van der Waals surface area contributed by atoms with Crippen LogP contribution in [-0.4, -0.2) is 61.8 Å². The van der Waals surface area contributed by atoms with Crippen molar-refractivity contribution in [2.45, 2.75) is 255 Å². The Kier molecular flexibility index (Phi) is 56.4. The number of hydrogen-bond acceptors (Lipinski definition) is 16. The lowest BCUT2D eigenvalue weighted by atomic mass is 9.97. The molecule has 0 aliphatic rings. The largest absolute Gasteiger partial charge is 0.619 e. The van der Waals surface area contributed by atoms with E-state index >= 15 is 0 Å². The number of nitrogens with one attached hydrogen (secondary N) is 4. The van der Waals surface area contributed by atoms with Crippen LogP contribution in [0.3, 0.4) is 0 Å². The Bertz CT molecular complexity index is 6160. The Hall–Kier alpha value is -12.6. The highest BCUT2D eigenvalue weighted by atomic mass is 32.2. The minimum Gasteiger partial charge on any atom is -0.619 e. The van der Waals surface area contributed by atoms with Crippen molar-refractivity contribution >= 4 is 86.0 Å². The molecule has 0 unspecified atom stereocenters. The number of aryl methyl sites for hydroxylation is 13. The number of sulfonamides is 4. The number of nitrogens with zero attached hydrogens (tertiary/aromatic N) is 4. The van der Waals surface area contributed by atoms with E-state index in [-0.39, 0.29) is 87.2 Å². The molecule has 0 amide bonds. The normalized spacial score (nSPS) is 10.0. The quantitative estimate of drug-likeness (QED) is 0.0313. The molecule has 0 aliphatic carbocycles. The molecule has 4 N–H and O–H groups in total. The molecular weight excluding hydrogens is 1750 g/mol. The van der Waals surface area contributed by atoms with Gasteiger partial charge >= 0.3 is 0 Å². The number of hydrogen-bond donors (Lipinski definition) is 4. The first kappa shape index (κ1) is 122. The second-order valence-electron chi connectivity index (χ2n) is 27.3. The SMILES string of the molecule is CC.CC.CC.CC.CC.CC.CC.CC.CC.CC.Cc1cc(NS(=O)(=O)c2ccccc2)c(C(=O)c2ccc[n+]([O-])c2)cc1C.Cc1ccc(S(=O)(=O)Nc2cc(C)c(C)cc2C(=O)c2ccc(C)[n+]([O-])c2)cc1.Cc1ccc(S(=O)(=O)Nc2cc(C)c(C)cc2C(=O)c2ccc(C)nc2)cc1.Cc1ccc(S(=O)(=O)Nc2cc(C)c(C)cc2C(=O)c2ccc[n+]([O-])c2C)cc1. The van der Waals surface area contributed by atoms with Gasteiger partial charge in [-0.25, -0.2) is 33.7 Å². The minimum atomic E-state index is -3.89. The Labute approximate surface area is 796 Å². The molecule has 4 aromatic heterocycles. The third-order valence-electron chi connectivity index (χ3n) is 18.6. The molecule has 0 saturated carbocycles. The van der Waals surface area contributed by atoms with Gasteiger partial charge in [-0.15, -0.1) is 0 Å². The molecule has 0 atom stereocenters. The molecule has 133 heavy (non-hydrogen) atoms. The predicted octanol–water partition coefficient (Wildman–Crippen LogP) is 24.7. The van der Waals surface area contributed by atoms with Gasteiger partial charge in [0.2, 0.25) is 23.0 Å². The highest BCUT2D eigenvalue weighted by molar-refractivity contribution is 7.93. The van der Waals surface area contributed by atoms with Crippen LogP contribution in [0.1, 0.15) is 280 Å². The van der Waals surface area contributed by atoms with Crippen molar-refractivity contribution in [1.29, 1.82) is 0 Å². The number of aromatic nitrogens is 4. The Morgan fingerprint density at radius 2 is 0.549 bits per heavy atom. The topological polar surface area (TPSA) is 347 Å². The summed E-state index contributed by atoms with van der Waals surface area (Å²) >= 11 is 0. The number of rotatable bonds is 20. The molecule has 4 heterocycles. The van der Waals surface area contributed by atoms with E-state index in [0.717, 1.165) is 73.1 Å². The monoisotopic (exact) mass is 1900 g/mol. The maximum atomic E-state index is 13.2. The number of ketones is 4. The molecule has 27 heteroatoms. The third kappa shape index (κ3) is 36.5. The van der Waals surface area contributed by atoms with E-state index in [1.165, 1.54) is 79.4 Å². The van der Waals surface area contributed by atoms with Crippen LogP contribution in [0, 0.1) is 113 Å². The van der Waals surface area contributed by atoms with Gasteiger partial charge in [0.1, 0.15) is 0 Å². The van der Waals surface area contributed by atoms with E-state index in [0.29, 0.717) is 31.0 Å². The number of carbonyl (C=O) groups is 4. The smallest absolute Gasteiger partial charge is 0.261 e. The van der Waals surface area contributed by atoms with Gasteiger partial charge in [0.25, 0.3) is 40.1 Å². The summed E-state index contributed by atoms with van der Waals surface area (Å²) in [6, 6.07) is 53.2. The van der Waals surface area contributed by atoms with Crippen molar-refractivity contribution in [3.05, 3.63) is 370 Å². The maximum Gasteiger partial charge on any atom is 0.261 e. The zero-order valence-corrected chi connectivity index (χ0v) is 87.8. The zero-order valence-electron chi connectivity index (χ0n) is 84.5. The average molecular weight is 1900 g/mol. The standard InChI is InChI=1S/2C22H22N2O4S.C22H22N2O3S.C20H18N2O4S.10C2H6/c1-14-5-9-19(10-6-14)29(27,28)23-21-12-16(3)15(2)11-20(21)22(25)18-8-7-17(4)24(26)13-18;1-14-7-9-18(10-8-14)29(27,28)23-21-13-16(3)15(2)12-20(21)22(25)19-6-5-11-24(26)17(19)4;1-14-5-9-19(10-6-14)28(26,27)24-21-12-16(3)15(2)11-20(21)22(25)18-8-7-17(4)23-13-18;1-14-11-18(20(23)16-7-6-10-22(24)13-16)19(12-15(14)2)21-27(25,26)17-8-4-3-5-9-17;10*1-2/h2*5-13,23H,1-4H3;5-13,24H,1-4H3;3-13,21H,1-2H3;10*1-2H3. The number of benzene rings is 8. The van der Waals surface area contributed by atoms with Crippen LogP contribution >= 0.6 is 0 Å². The van der Waals surface area contributed by atoms with Crippen LogP contribution in [-0.2, 0) is 40.1 Å². The fourth-order valence-electron chi connectivity index (χ4n) is 11.2. The van der Waals surface area contributed by atoms with Crippen molar-refractivity contribution < 1.29 is 67.0 Å². The summed E-state index contributed by atoms with van der Waals surface area (Å²) in [6.07, 6.45) is 6.45. The lowest BCUT2D eigenvalue weighted by Gasteiger charge is -2.15. The first-order chi connectivity index (χ1) is 63.1. The summed E-state index contributed by atoms with van der Waals surface area (Å²) in [6.45, 7) is 65.4. The lowest BCUT2D eigenvalue weighted by Crippen LogP contribution is -2.31. The van der Waals surface area contributed by atoms with Crippen LogP contribution in [0.2, 0.25) is 0 Å². The fourth-order valence-corrected chi connectivity index (χ4v) is 15.5. The Balaban J connectivity index is 0. The van der Waals surface area contributed by atoms with Crippen molar-refractivity contribution in [3.63, 3.8) is 0 Å². The molecule has 0 fully saturated rings. The second kappa shape index (κ2) is 61.2. The highest BCUT2D eigenvalue weighted by Crippen LogP contribution is 2.32. The molecule has 12 aromatic rings. The van der Waals surface area contributed by atoms with Crippen LogP contribution < -0.4 is 33.1 Å². The number of carbonyl (C=O) groups excluding carboxylic acids is 4. The minimum absolute atomic E-state index is 0.0961. The average Bonchev–Trinajstić information content (AvgIpc) is 0.763. The van der Waals surface area contributed by atoms with Crippen molar-refractivity contribution in [2.75, 3.05) is 18.9 Å². The van der Waals surface area contributed by atoms with Crippen LogP contribution in [0.5, 0.6) is 0 Å². The molecule has 8 aromatic carbocycles. The molecule has 0 spiro atoms. The van der Waals surface area contributed by atoms with Gasteiger partial charge < -0.3 is 15.6 Å². The van der Waals surface area contributed by atoms with Gasteiger partial charge in [0.05, 0.1) is 59.0 Å². The van der Waals surface area contributed by atoms with E-state index in [9.17, 15) is 68.5 Å². The first-order valence-corrected chi connectivity index (χ1v) is 51.1. The van der Waals surface area contributed by atoms with E-state index in [2.05, 4.69) is 23.9 Å². The van der Waals surface area contributed by atoms with Crippen molar-refractivity contribution in [1.82, 2.24) is 4.98 Å². The number of anilines is 4. The van der Waals surface area contributed by atoms with Crippen molar-refractivity contribution in [2.24, 2.45) is 0 Å². The Morgan fingerprint density at radius 3 is 0.850 bits per heavy atom. The van der Waals surface area contributed by atoms with Crippen molar-refractivity contribution in [3.8, 4) is 0 Å². The molecule has 0 aliphatic heterocycles. The predicted molar refractivity (Wildman–Crippen MR) is 549 cm³/mol. The lowest BCUT2D eigenvalue weighted by molar-refractivity contribution is -0.612. The molecule has 12 rings (SSSR count). The number of pyridine rings is 4. The summed E-state index contributed by atoms with van der Waals surface area (Å²) in [5, 5.41) is 35.3. The van der Waals surface area contributed by atoms with E-state index < -0.39 is 57.4 Å². The zero-order chi connectivity index (χ0) is 103. The second-order valence-corrected chi connectivity index (χ2v) is 34.0. The van der Waals surface area contributed by atoms with Gasteiger partial charge in [-0.2, -0.15) is 14.2 Å². The van der Waals surface area contributed by atoms with Gasteiger partial charge in [0, 0.05) is 71.8 Å². The summed E-state index contributed by atoms with van der Waals surface area (Å²) in [4.78, 5) is 56.8. The molecule has 0 saturated heterocycles. The summed E-state index contributed by atoms with van der Waals surface area (Å²) in [5.74, 6) is -1.57. The van der Waals surface area contributed by atoms with Crippen LogP contribution in [0.25, 0.3) is 0 Å². The molecule has 23 nitrogen and oxygen atoms in total. The highest BCUT2D eigenvalue weighted by Gasteiger charge is 2.28. The first-order valence-electron chi connectivity index (χ1n) is 45.1. The van der Waals surface area contributed by atoms with Gasteiger partial charge in [-0.05, 0) is 255 Å².